The van der Waals surface area contributed by atoms with Gasteiger partial charge in [-0.3, -0.25) is 4.90 Å². The molecule has 3 aromatic carbocycles. The largest absolute Gasteiger partial charge is 0.445 e. The highest BCUT2D eigenvalue weighted by Gasteiger charge is 2.28. The molecule has 2 heterocycles. The molecule has 0 spiro atoms. The summed E-state index contributed by atoms with van der Waals surface area (Å²) in [7, 11) is 0. The van der Waals surface area contributed by atoms with Crippen molar-refractivity contribution in [2.45, 2.75) is 38.6 Å². The Morgan fingerprint density at radius 3 is 2.30 bits per heavy atom. The van der Waals surface area contributed by atoms with Crippen LogP contribution >= 0.6 is 0 Å². The molecular formula is C29H30NO3+. The van der Waals surface area contributed by atoms with Crippen LogP contribution in [0.25, 0.3) is 11.0 Å². The average molecular weight is 441 g/mol. The molecule has 1 aliphatic rings. The van der Waals surface area contributed by atoms with Crippen molar-refractivity contribution >= 4 is 11.0 Å². The SMILES string of the molecule is CCCCc1cc(=O)oc2c3c(ccc12)OC[NH+](CC(c1ccccc1)c1ccccc1)C3. The van der Waals surface area contributed by atoms with Gasteiger partial charge in [-0.25, -0.2) is 4.79 Å². The predicted molar refractivity (Wildman–Crippen MR) is 131 cm³/mol. The second-order valence-electron chi connectivity index (χ2n) is 8.91. The topological polar surface area (TPSA) is 43.9 Å². The van der Waals surface area contributed by atoms with Crippen LogP contribution in [0.15, 0.2) is 88.1 Å². The molecule has 0 saturated carbocycles. The molecule has 4 aromatic rings. The number of quaternary nitrogens is 1. The Hall–Kier alpha value is -3.37. The summed E-state index contributed by atoms with van der Waals surface area (Å²) in [5.41, 5.74) is 5.09. The maximum absolute atomic E-state index is 12.4. The Kier molecular flexibility index (Phi) is 6.27. The standard InChI is InChI=1S/C29H29NO3/c1-2-3-10-23-17-28(31)33-29-24(23)15-16-27-26(29)19-30(20-32-27)18-25(21-11-6-4-7-12-21)22-13-8-5-9-14-22/h4-9,11-17,25H,2-3,10,18-20H2,1H3/p+1. The highest BCUT2D eigenvalue weighted by molar-refractivity contribution is 5.85. The third-order valence-corrected chi connectivity index (χ3v) is 6.61. The number of unbranched alkanes of at least 4 members (excludes halogenated alkanes) is 1. The Bertz CT molecular complexity index is 1240. The number of benzene rings is 3. The van der Waals surface area contributed by atoms with Gasteiger partial charge >= 0.3 is 5.63 Å². The first-order valence-electron chi connectivity index (χ1n) is 11.9. The van der Waals surface area contributed by atoms with Crippen LogP contribution in [-0.4, -0.2) is 13.3 Å². The number of rotatable bonds is 7. The Morgan fingerprint density at radius 1 is 0.939 bits per heavy atom. The zero-order chi connectivity index (χ0) is 22.6. The minimum Gasteiger partial charge on any atom is -0.445 e. The summed E-state index contributed by atoms with van der Waals surface area (Å²) in [5, 5.41) is 1.04. The van der Waals surface area contributed by atoms with Gasteiger partial charge in [0.2, 0.25) is 6.73 Å². The number of nitrogens with one attached hydrogen (secondary N) is 1. The van der Waals surface area contributed by atoms with E-state index >= 15 is 0 Å². The summed E-state index contributed by atoms with van der Waals surface area (Å²) >= 11 is 0. The normalized spacial score (nSPS) is 15.4. The van der Waals surface area contributed by atoms with Crippen LogP contribution in [-0.2, 0) is 13.0 Å². The Morgan fingerprint density at radius 2 is 1.64 bits per heavy atom. The molecule has 1 N–H and O–H groups in total. The van der Waals surface area contributed by atoms with Gasteiger partial charge in [0.15, 0.2) is 5.58 Å². The maximum atomic E-state index is 12.4. The summed E-state index contributed by atoms with van der Waals surface area (Å²) in [4.78, 5) is 13.7. The molecule has 1 aromatic heterocycles. The lowest BCUT2D eigenvalue weighted by Gasteiger charge is -2.30. The average Bonchev–Trinajstić information content (AvgIpc) is 2.86. The highest BCUT2D eigenvalue weighted by Crippen LogP contribution is 2.31. The zero-order valence-corrected chi connectivity index (χ0v) is 19.1. The number of fused-ring (bicyclic) bond motifs is 3. The van der Waals surface area contributed by atoms with Gasteiger partial charge in [-0.2, -0.15) is 0 Å². The van der Waals surface area contributed by atoms with Crippen LogP contribution in [0.5, 0.6) is 5.75 Å². The van der Waals surface area contributed by atoms with Gasteiger partial charge in [0.25, 0.3) is 0 Å². The molecule has 0 fully saturated rings. The molecule has 4 nitrogen and oxygen atoms in total. The van der Waals surface area contributed by atoms with Crippen molar-refractivity contribution in [2.75, 3.05) is 13.3 Å². The van der Waals surface area contributed by atoms with Gasteiger partial charge in [-0.15, -0.1) is 0 Å². The summed E-state index contributed by atoms with van der Waals surface area (Å²) in [5.74, 6) is 1.09. The predicted octanol–water partition coefficient (Wildman–Crippen LogP) is 4.70. The lowest BCUT2D eigenvalue weighted by atomic mass is 9.90. The van der Waals surface area contributed by atoms with E-state index in [1.165, 1.54) is 16.0 Å². The Balaban J connectivity index is 1.49. The van der Waals surface area contributed by atoms with Crippen molar-refractivity contribution in [3.05, 3.63) is 112 Å². The number of aryl methyl sites for hydroxylation is 1. The van der Waals surface area contributed by atoms with Crippen LogP contribution in [0, 0.1) is 0 Å². The number of hydrogen-bond donors (Lipinski definition) is 1. The molecule has 1 aliphatic heterocycles. The van der Waals surface area contributed by atoms with E-state index in [4.69, 9.17) is 9.15 Å². The minimum absolute atomic E-state index is 0.259. The van der Waals surface area contributed by atoms with Crippen molar-refractivity contribution in [1.82, 2.24) is 0 Å². The first kappa shape index (κ1) is 21.5. The molecule has 0 bridgehead atoms. The fourth-order valence-corrected chi connectivity index (χ4v) is 4.91. The molecular weight excluding hydrogens is 410 g/mol. The molecule has 1 atom stereocenters. The van der Waals surface area contributed by atoms with Crippen LogP contribution < -0.4 is 15.3 Å². The maximum Gasteiger partial charge on any atom is 0.336 e. The first-order valence-corrected chi connectivity index (χ1v) is 11.9. The third kappa shape index (κ3) is 4.57. The van der Waals surface area contributed by atoms with E-state index in [0.29, 0.717) is 12.3 Å². The van der Waals surface area contributed by atoms with Crippen molar-refractivity contribution in [3.63, 3.8) is 0 Å². The zero-order valence-electron chi connectivity index (χ0n) is 19.1. The third-order valence-electron chi connectivity index (χ3n) is 6.61. The molecule has 0 aliphatic carbocycles. The summed E-state index contributed by atoms with van der Waals surface area (Å²) in [6, 6.07) is 27.0. The molecule has 4 heteroatoms. The second kappa shape index (κ2) is 9.63. The molecule has 33 heavy (non-hydrogen) atoms. The highest BCUT2D eigenvalue weighted by atomic mass is 16.5. The van der Waals surface area contributed by atoms with Crippen LogP contribution in [0.1, 0.15) is 47.9 Å². The number of hydrogen-bond acceptors (Lipinski definition) is 3. The lowest BCUT2D eigenvalue weighted by molar-refractivity contribution is -0.933. The van der Waals surface area contributed by atoms with Crippen LogP contribution in [0.3, 0.4) is 0 Å². The fraction of sp³-hybridized carbons (Fsp3) is 0.276. The van der Waals surface area contributed by atoms with Crippen LogP contribution in [0.4, 0.5) is 0 Å². The van der Waals surface area contributed by atoms with Gasteiger partial charge in [0, 0.05) is 11.5 Å². The molecule has 0 radical (unpaired) electrons. The van der Waals surface area contributed by atoms with Gasteiger partial charge in [0.1, 0.15) is 12.3 Å². The summed E-state index contributed by atoms with van der Waals surface area (Å²) < 4.78 is 11.9. The first-order chi connectivity index (χ1) is 16.2. The lowest BCUT2D eigenvalue weighted by Crippen LogP contribution is -3.12. The summed E-state index contributed by atoms with van der Waals surface area (Å²) in [6.45, 7) is 4.42. The monoisotopic (exact) mass is 440 g/mol. The minimum atomic E-state index is -0.277. The van der Waals surface area contributed by atoms with Crippen molar-refractivity contribution in [3.8, 4) is 5.75 Å². The van der Waals surface area contributed by atoms with Crippen molar-refractivity contribution in [2.24, 2.45) is 0 Å². The molecule has 1 unspecified atom stereocenters. The number of ether oxygens (including phenoxy) is 1. The smallest absolute Gasteiger partial charge is 0.336 e. The molecule has 0 saturated heterocycles. The van der Waals surface area contributed by atoms with E-state index in [-0.39, 0.29) is 11.5 Å². The van der Waals surface area contributed by atoms with Gasteiger partial charge < -0.3 is 9.15 Å². The van der Waals surface area contributed by atoms with E-state index in [1.54, 1.807) is 6.07 Å². The second-order valence-corrected chi connectivity index (χ2v) is 8.91. The van der Waals surface area contributed by atoms with E-state index < -0.39 is 0 Å². The van der Waals surface area contributed by atoms with Crippen molar-refractivity contribution in [1.29, 1.82) is 0 Å². The van der Waals surface area contributed by atoms with E-state index in [0.717, 1.165) is 54.6 Å². The molecule has 0 amide bonds. The van der Waals surface area contributed by atoms with E-state index in [2.05, 4.69) is 67.6 Å². The molecule has 168 valence electrons. The quantitative estimate of drug-likeness (QED) is 0.424. The van der Waals surface area contributed by atoms with Crippen LogP contribution in [0.2, 0.25) is 0 Å². The van der Waals surface area contributed by atoms with Gasteiger partial charge in [-0.05, 0) is 41.7 Å². The van der Waals surface area contributed by atoms with E-state index in [9.17, 15) is 4.79 Å². The fourth-order valence-electron chi connectivity index (χ4n) is 4.91. The van der Waals surface area contributed by atoms with Crippen molar-refractivity contribution < 1.29 is 14.1 Å². The van der Waals surface area contributed by atoms with E-state index in [1.807, 2.05) is 12.1 Å². The Labute approximate surface area is 194 Å². The summed E-state index contributed by atoms with van der Waals surface area (Å²) in [6.07, 6.45) is 3.03. The molecule has 5 rings (SSSR count). The van der Waals surface area contributed by atoms with Gasteiger partial charge in [-0.1, -0.05) is 74.0 Å². The van der Waals surface area contributed by atoms with Gasteiger partial charge in [0.05, 0.1) is 18.0 Å².